The number of anilines is 1. The first-order chi connectivity index (χ1) is 16.0. The Balaban J connectivity index is 2.35. The van der Waals surface area contributed by atoms with Gasteiger partial charge in [0.05, 0.1) is 20.9 Å². The quantitative estimate of drug-likeness (QED) is 0.238. The van der Waals surface area contributed by atoms with E-state index in [9.17, 15) is 43.2 Å². The van der Waals surface area contributed by atoms with Gasteiger partial charge < -0.3 is 0 Å². The lowest BCUT2D eigenvalue weighted by Crippen LogP contribution is -2.37. The minimum atomic E-state index is -5.36. The van der Waals surface area contributed by atoms with Gasteiger partial charge in [0, 0.05) is 10.7 Å². The summed E-state index contributed by atoms with van der Waals surface area (Å²) < 4.78 is 132. The Morgan fingerprint density at radius 2 is 1.14 bits per heavy atom. The fourth-order valence-electron chi connectivity index (χ4n) is 2.79. The standard InChI is InChI=1S/C19H10Br2F6N2O4S2/c20-13-9-16(17(21)28-10-13)29(34(30,31)14-5-1-3-11(7-14)18(22,23)24)35(32,33)15-6-2-4-12(8-15)19(25,26)27/h1-10H. The zero-order valence-electron chi connectivity index (χ0n) is 16.6. The van der Waals surface area contributed by atoms with Crippen molar-refractivity contribution in [2.75, 3.05) is 3.71 Å². The highest BCUT2D eigenvalue weighted by Gasteiger charge is 2.41. The lowest BCUT2D eigenvalue weighted by atomic mass is 10.2. The van der Waals surface area contributed by atoms with Crippen LogP contribution >= 0.6 is 31.9 Å². The molecule has 3 rings (SSSR count). The number of halogens is 8. The highest BCUT2D eigenvalue weighted by molar-refractivity contribution is 9.11. The Bertz CT molecular complexity index is 1410. The molecule has 2 aromatic carbocycles. The van der Waals surface area contributed by atoms with E-state index in [1.54, 1.807) is 0 Å². The van der Waals surface area contributed by atoms with E-state index >= 15 is 0 Å². The van der Waals surface area contributed by atoms with E-state index in [1.165, 1.54) is 0 Å². The van der Waals surface area contributed by atoms with Crippen LogP contribution in [-0.4, -0.2) is 21.8 Å². The molecule has 0 N–H and O–H groups in total. The van der Waals surface area contributed by atoms with Crippen LogP contribution in [0.5, 0.6) is 0 Å². The number of hydrogen-bond acceptors (Lipinski definition) is 5. The molecule has 35 heavy (non-hydrogen) atoms. The second-order valence-corrected chi connectivity index (χ2v) is 12.2. The Morgan fingerprint density at radius 3 is 1.54 bits per heavy atom. The van der Waals surface area contributed by atoms with Gasteiger partial charge in [0.15, 0.2) is 0 Å². The summed E-state index contributed by atoms with van der Waals surface area (Å²) in [5.74, 6) is 0. The van der Waals surface area contributed by atoms with E-state index in [-0.39, 0.29) is 24.9 Å². The van der Waals surface area contributed by atoms with Gasteiger partial charge in [-0.2, -0.15) is 30.1 Å². The molecule has 3 aromatic rings. The number of sulfonamides is 2. The lowest BCUT2D eigenvalue weighted by molar-refractivity contribution is -0.138. The number of rotatable bonds is 5. The van der Waals surface area contributed by atoms with Crippen LogP contribution in [0, 0.1) is 0 Å². The molecule has 0 fully saturated rings. The second-order valence-electron chi connectivity index (χ2n) is 6.72. The average molecular weight is 668 g/mol. The highest BCUT2D eigenvalue weighted by Crippen LogP contribution is 2.39. The Hall–Kier alpha value is -2.17. The minimum absolute atomic E-state index is 0.0687. The number of hydrogen-bond donors (Lipinski definition) is 0. The van der Waals surface area contributed by atoms with Crippen LogP contribution in [0.2, 0.25) is 0 Å². The van der Waals surface area contributed by atoms with Crippen molar-refractivity contribution in [1.29, 1.82) is 0 Å². The first-order valence-corrected chi connectivity index (χ1v) is 13.4. The van der Waals surface area contributed by atoms with Gasteiger partial charge in [0.25, 0.3) is 20.0 Å². The normalized spacial score (nSPS) is 13.0. The maximum Gasteiger partial charge on any atom is 0.416 e. The molecule has 188 valence electrons. The van der Waals surface area contributed by atoms with E-state index < -0.39 is 59.0 Å². The van der Waals surface area contributed by atoms with Crippen LogP contribution in [-0.2, 0) is 32.4 Å². The molecule has 0 atom stereocenters. The number of nitrogens with zero attached hydrogens (tertiary/aromatic N) is 2. The number of pyridine rings is 1. The van der Waals surface area contributed by atoms with Crippen LogP contribution in [0.3, 0.4) is 0 Å². The van der Waals surface area contributed by atoms with Crippen LogP contribution in [0.4, 0.5) is 32.0 Å². The summed E-state index contributed by atoms with van der Waals surface area (Å²) in [5, 5.41) is 0. The largest absolute Gasteiger partial charge is 0.416 e. The van der Waals surface area contributed by atoms with Crippen LogP contribution in [0.25, 0.3) is 0 Å². The van der Waals surface area contributed by atoms with Crippen LogP contribution in [0.15, 0.2) is 79.7 Å². The molecular formula is C19H10Br2F6N2O4S2. The van der Waals surface area contributed by atoms with Gasteiger partial charge in [-0.05, 0) is 74.3 Å². The van der Waals surface area contributed by atoms with Crippen molar-refractivity contribution >= 4 is 57.6 Å². The van der Waals surface area contributed by atoms with Gasteiger partial charge in [-0.15, -0.1) is 0 Å². The van der Waals surface area contributed by atoms with Crippen LogP contribution < -0.4 is 3.71 Å². The molecule has 0 aliphatic heterocycles. The predicted octanol–water partition coefficient (Wildman–Crippen LogP) is 6.23. The van der Waals surface area contributed by atoms with E-state index in [0.29, 0.717) is 12.1 Å². The van der Waals surface area contributed by atoms with Crippen molar-refractivity contribution in [3.63, 3.8) is 0 Å². The third-order valence-electron chi connectivity index (χ3n) is 4.34. The number of aromatic nitrogens is 1. The zero-order valence-corrected chi connectivity index (χ0v) is 21.4. The molecule has 16 heteroatoms. The summed E-state index contributed by atoms with van der Waals surface area (Å²) in [4.78, 5) is 1.62. The van der Waals surface area contributed by atoms with Crippen molar-refractivity contribution in [3.05, 3.63) is 81.0 Å². The predicted molar refractivity (Wildman–Crippen MR) is 119 cm³/mol. The number of benzene rings is 2. The summed E-state index contributed by atoms with van der Waals surface area (Å²) in [6, 6.07) is 5.47. The van der Waals surface area contributed by atoms with E-state index in [2.05, 4.69) is 36.8 Å². The molecule has 0 unspecified atom stereocenters. The fraction of sp³-hybridized carbons (Fsp3) is 0.105. The average Bonchev–Trinajstić information content (AvgIpc) is 2.75. The van der Waals surface area contributed by atoms with E-state index in [1.807, 2.05) is 0 Å². The van der Waals surface area contributed by atoms with Gasteiger partial charge in [0.1, 0.15) is 10.3 Å². The first-order valence-electron chi connectivity index (χ1n) is 8.92. The fourth-order valence-corrected chi connectivity index (χ4v) is 7.52. The SMILES string of the molecule is O=S(=O)(c1cccc(C(F)(F)F)c1)N(c1cc(Br)cnc1Br)S(=O)(=O)c1cccc(C(F)(F)F)c1. The lowest BCUT2D eigenvalue weighted by Gasteiger charge is -2.25. The van der Waals surface area contributed by atoms with Crippen molar-refractivity contribution in [2.24, 2.45) is 0 Å². The molecule has 6 nitrogen and oxygen atoms in total. The molecule has 1 aromatic heterocycles. The molecule has 0 aliphatic carbocycles. The van der Waals surface area contributed by atoms with Crippen LogP contribution in [0.1, 0.15) is 11.1 Å². The second kappa shape index (κ2) is 9.37. The maximum atomic E-state index is 13.5. The van der Waals surface area contributed by atoms with E-state index in [0.717, 1.165) is 36.5 Å². The van der Waals surface area contributed by atoms with Gasteiger partial charge in [-0.25, -0.2) is 21.8 Å². The van der Waals surface area contributed by atoms with Gasteiger partial charge in [0.2, 0.25) is 0 Å². The van der Waals surface area contributed by atoms with Gasteiger partial charge in [-0.3, -0.25) is 0 Å². The monoisotopic (exact) mass is 666 g/mol. The summed E-state index contributed by atoms with van der Waals surface area (Å²) in [7, 11) is -10.7. The molecular weight excluding hydrogens is 658 g/mol. The Morgan fingerprint density at radius 1 is 0.714 bits per heavy atom. The van der Waals surface area contributed by atoms with Crippen molar-refractivity contribution in [3.8, 4) is 0 Å². The molecule has 0 spiro atoms. The van der Waals surface area contributed by atoms with Crippen molar-refractivity contribution < 1.29 is 43.2 Å². The Labute approximate surface area is 212 Å². The van der Waals surface area contributed by atoms with Gasteiger partial charge in [-0.1, -0.05) is 12.1 Å². The Kier molecular flexibility index (Phi) is 7.34. The molecule has 0 amide bonds. The molecule has 0 saturated carbocycles. The topological polar surface area (TPSA) is 84.4 Å². The van der Waals surface area contributed by atoms with E-state index in [4.69, 9.17) is 0 Å². The third-order valence-corrected chi connectivity index (χ3v) is 9.53. The first kappa shape index (κ1) is 27.4. The van der Waals surface area contributed by atoms with Crippen molar-refractivity contribution in [1.82, 2.24) is 4.98 Å². The maximum absolute atomic E-state index is 13.5. The molecule has 0 saturated heterocycles. The zero-order chi connectivity index (χ0) is 26.4. The van der Waals surface area contributed by atoms with Crippen molar-refractivity contribution in [2.45, 2.75) is 22.1 Å². The summed E-state index contributed by atoms with van der Waals surface area (Å²) in [5.41, 5.74) is -3.46. The summed E-state index contributed by atoms with van der Waals surface area (Å²) >= 11 is 5.88. The summed E-state index contributed by atoms with van der Waals surface area (Å²) in [6.07, 6.45) is -8.78. The smallest absolute Gasteiger partial charge is 0.246 e. The molecule has 1 heterocycles. The number of alkyl halides is 6. The summed E-state index contributed by atoms with van der Waals surface area (Å²) in [6.45, 7) is 0. The van der Waals surface area contributed by atoms with Gasteiger partial charge >= 0.3 is 12.4 Å². The molecule has 0 bridgehead atoms. The molecule has 0 radical (unpaired) electrons. The minimum Gasteiger partial charge on any atom is -0.246 e. The molecule has 0 aliphatic rings. The third kappa shape index (κ3) is 5.65. The highest BCUT2D eigenvalue weighted by atomic mass is 79.9.